The summed E-state index contributed by atoms with van der Waals surface area (Å²) in [5.41, 5.74) is 5.34. The molecule has 5 nitrogen and oxygen atoms in total. The zero-order chi connectivity index (χ0) is 18.6. The van der Waals surface area contributed by atoms with Crippen molar-refractivity contribution < 1.29 is 14.7 Å². The van der Waals surface area contributed by atoms with Crippen LogP contribution in [0.2, 0.25) is 0 Å². The van der Waals surface area contributed by atoms with Gasteiger partial charge in [-0.05, 0) is 63.3 Å². The number of aryl methyl sites for hydroxylation is 3. The second-order valence-corrected chi connectivity index (χ2v) is 7.28. The van der Waals surface area contributed by atoms with Crippen molar-refractivity contribution in [1.82, 2.24) is 9.80 Å². The minimum atomic E-state index is -0.942. The van der Waals surface area contributed by atoms with Crippen LogP contribution < -0.4 is 0 Å². The van der Waals surface area contributed by atoms with Crippen LogP contribution in [0.4, 0.5) is 0 Å². The lowest BCUT2D eigenvalue weighted by molar-refractivity contribution is -0.145. The molecule has 1 fully saturated rings. The van der Waals surface area contributed by atoms with Crippen molar-refractivity contribution in [2.24, 2.45) is 0 Å². The highest BCUT2D eigenvalue weighted by atomic mass is 16.4. The Kier molecular flexibility index (Phi) is 6.59. The van der Waals surface area contributed by atoms with Gasteiger partial charge < -0.3 is 10.0 Å². The van der Waals surface area contributed by atoms with E-state index < -0.39 is 5.97 Å². The van der Waals surface area contributed by atoms with E-state index in [4.69, 9.17) is 5.11 Å². The first-order valence-corrected chi connectivity index (χ1v) is 9.06. The lowest BCUT2D eigenvalue weighted by Gasteiger charge is -2.29. The Morgan fingerprint density at radius 1 is 1.16 bits per heavy atom. The molecule has 1 aliphatic rings. The molecule has 1 saturated heterocycles. The normalized spacial score (nSPS) is 18.6. The molecule has 5 heteroatoms. The SMILES string of the molecule is CC(=O)N(CC(=O)O)C1CCCN(Cc2c(C)cc(C)cc2C)CC1. The number of hydrogen-bond donors (Lipinski definition) is 1. The van der Waals surface area contributed by atoms with Gasteiger partial charge in [-0.2, -0.15) is 0 Å². The van der Waals surface area contributed by atoms with Crippen molar-refractivity contribution in [1.29, 1.82) is 0 Å². The molecule has 1 aliphatic heterocycles. The summed E-state index contributed by atoms with van der Waals surface area (Å²) in [4.78, 5) is 26.8. The fourth-order valence-corrected chi connectivity index (χ4v) is 3.93. The van der Waals surface area contributed by atoms with E-state index in [0.717, 1.165) is 38.9 Å². The topological polar surface area (TPSA) is 60.9 Å². The van der Waals surface area contributed by atoms with E-state index in [2.05, 4.69) is 37.8 Å². The number of rotatable bonds is 5. The highest BCUT2D eigenvalue weighted by Crippen LogP contribution is 2.22. The van der Waals surface area contributed by atoms with E-state index in [9.17, 15) is 9.59 Å². The van der Waals surface area contributed by atoms with Crippen LogP contribution in [0, 0.1) is 20.8 Å². The van der Waals surface area contributed by atoms with Gasteiger partial charge >= 0.3 is 5.97 Å². The summed E-state index contributed by atoms with van der Waals surface area (Å²) < 4.78 is 0. The zero-order valence-corrected chi connectivity index (χ0v) is 15.8. The summed E-state index contributed by atoms with van der Waals surface area (Å²) in [5.74, 6) is -1.09. The molecule has 0 saturated carbocycles. The maximum Gasteiger partial charge on any atom is 0.323 e. The van der Waals surface area contributed by atoms with Crippen LogP contribution in [0.1, 0.15) is 48.4 Å². The number of carboxylic acid groups (broad SMARTS) is 1. The van der Waals surface area contributed by atoms with E-state index in [1.54, 1.807) is 0 Å². The number of aliphatic carboxylic acids is 1. The van der Waals surface area contributed by atoms with Crippen molar-refractivity contribution in [3.05, 3.63) is 34.4 Å². The molecule has 138 valence electrons. The minimum Gasteiger partial charge on any atom is -0.480 e. The molecule has 0 spiro atoms. The van der Waals surface area contributed by atoms with Crippen LogP contribution in [0.3, 0.4) is 0 Å². The summed E-state index contributed by atoms with van der Waals surface area (Å²) in [6, 6.07) is 4.49. The van der Waals surface area contributed by atoms with Crippen LogP contribution in [0.15, 0.2) is 12.1 Å². The minimum absolute atomic E-state index is 0.0267. The van der Waals surface area contributed by atoms with Crippen LogP contribution in [0.5, 0.6) is 0 Å². The summed E-state index contributed by atoms with van der Waals surface area (Å²) in [7, 11) is 0. The van der Waals surface area contributed by atoms with Gasteiger partial charge in [0.1, 0.15) is 6.54 Å². The molecule has 1 aromatic carbocycles. The van der Waals surface area contributed by atoms with Gasteiger partial charge in [-0.15, -0.1) is 0 Å². The van der Waals surface area contributed by atoms with Gasteiger partial charge in [-0.1, -0.05) is 17.7 Å². The maximum absolute atomic E-state index is 11.8. The van der Waals surface area contributed by atoms with Crippen LogP contribution >= 0.6 is 0 Å². The Bertz CT molecular complexity index is 619. The van der Waals surface area contributed by atoms with Crippen molar-refractivity contribution in [2.45, 2.75) is 59.5 Å². The molecule has 0 bridgehead atoms. The Morgan fingerprint density at radius 2 is 1.80 bits per heavy atom. The lowest BCUT2D eigenvalue weighted by Crippen LogP contribution is -2.42. The smallest absolute Gasteiger partial charge is 0.323 e. The van der Waals surface area contributed by atoms with Gasteiger partial charge in [0.2, 0.25) is 5.91 Å². The highest BCUT2D eigenvalue weighted by Gasteiger charge is 2.26. The van der Waals surface area contributed by atoms with Crippen LogP contribution in [-0.4, -0.2) is 52.5 Å². The third-order valence-corrected chi connectivity index (χ3v) is 5.16. The van der Waals surface area contributed by atoms with E-state index in [-0.39, 0.29) is 18.5 Å². The monoisotopic (exact) mass is 346 g/mol. The Morgan fingerprint density at radius 3 is 2.36 bits per heavy atom. The first-order chi connectivity index (χ1) is 11.8. The molecule has 1 heterocycles. The van der Waals surface area contributed by atoms with Gasteiger partial charge in [0, 0.05) is 26.1 Å². The van der Waals surface area contributed by atoms with Crippen molar-refractivity contribution in [3.63, 3.8) is 0 Å². The van der Waals surface area contributed by atoms with Crippen LogP contribution in [-0.2, 0) is 16.1 Å². The molecule has 2 rings (SSSR count). The average molecular weight is 346 g/mol. The first kappa shape index (κ1) is 19.4. The number of carbonyl (C=O) groups is 2. The predicted molar refractivity (Wildman–Crippen MR) is 98.6 cm³/mol. The number of amides is 1. The quantitative estimate of drug-likeness (QED) is 0.890. The van der Waals surface area contributed by atoms with E-state index in [1.165, 1.54) is 34.1 Å². The van der Waals surface area contributed by atoms with Crippen molar-refractivity contribution >= 4 is 11.9 Å². The predicted octanol–water partition coefficient (Wildman–Crippen LogP) is 2.90. The lowest BCUT2D eigenvalue weighted by atomic mass is 9.99. The third kappa shape index (κ3) is 5.30. The molecule has 0 aliphatic carbocycles. The Labute approximate surface area is 150 Å². The second kappa shape index (κ2) is 8.48. The number of benzene rings is 1. The molecule has 1 aromatic rings. The Hall–Kier alpha value is -1.88. The maximum atomic E-state index is 11.8. The molecule has 1 amide bonds. The molecule has 1 unspecified atom stereocenters. The van der Waals surface area contributed by atoms with Gasteiger partial charge in [-0.3, -0.25) is 14.5 Å². The molecule has 0 aromatic heterocycles. The number of hydrogen-bond acceptors (Lipinski definition) is 3. The second-order valence-electron chi connectivity index (χ2n) is 7.28. The van der Waals surface area contributed by atoms with Crippen molar-refractivity contribution in [3.8, 4) is 0 Å². The zero-order valence-electron chi connectivity index (χ0n) is 15.8. The molecular formula is C20H30N2O3. The van der Waals surface area contributed by atoms with Crippen molar-refractivity contribution in [2.75, 3.05) is 19.6 Å². The first-order valence-electron chi connectivity index (χ1n) is 9.06. The summed E-state index contributed by atoms with van der Waals surface area (Å²) in [6.45, 7) is 10.5. The molecule has 25 heavy (non-hydrogen) atoms. The van der Waals surface area contributed by atoms with Gasteiger partial charge in [0.15, 0.2) is 0 Å². The summed E-state index contributed by atoms with van der Waals surface area (Å²) in [5, 5.41) is 9.06. The number of carboxylic acids is 1. The highest BCUT2D eigenvalue weighted by molar-refractivity contribution is 5.79. The van der Waals surface area contributed by atoms with Gasteiger partial charge in [0.25, 0.3) is 0 Å². The van der Waals surface area contributed by atoms with Gasteiger partial charge in [-0.25, -0.2) is 0 Å². The fourth-order valence-electron chi connectivity index (χ4n) is 3.93. The summed E-state index contributed by atoms with van der Waals surface area (Å²) >= 11 is 0. The van der Waals surface area contributed by atoms with E-state index >= 15 is 0 Å². The number of nitrogens with zero attached hydrogens (tertiary/aromatic N) is 2. The largest absolute Gasteiger partial charge is 0.480 e. The molecular weight excluding hydrogens is 316 g/mol. The fraction of sp³-hybridized carbons (Fsp3) is 0.600. The number of carbonyl (C=O) groups excluding carboxylic acids is 1. The molecule has 0 radical (unpaired) electrons. The number of likely N-dealkylation sites (tertiary alicyclic amines) is 1. The third-order valence-electron chi connectivity index (χ3n) is 5.16. The van der Waals surface area contributed by atoms with Crippen LogP contribution in [0.25, 0.3) is 0 Å². The average Bonchev–Trinajstić information content (AvgIpc) is 2.73. The van der Waals surface area contributed by atoms with E-state index in [0.29, 0.717) is 0 Å². The van der Waals surface area contributed by atoms with Gasteiger partial charge in [0.05, 0.1) is 0 Å². The standard InChI is InChI=1S/C20H30N2O3/c1-14-10-15(2)19(16(3)11-14)12-21-8-5-6-18(7-9-21)22(17(4)23)13-20(24)25/h10-11,18H,5-9,12-13H2,1-4H3,(H,24,25). The van der Waals surface area contributed by atoms with E-state index in [1.807, 2.05) is 0 Å². The molecule has 1 N–H and O–H groups in total. The summed E-state index contributed by atoms with van der Waals surface area (Å²) in [6.07, 6.45) is 2.68. The molecule has 1 atom stereocenters. The Balaban J connectivity index is 2.04.